The molecule has 0 spiro atoms. The molecule has 0 radical (unpaired) electrons. The van der Waals surface area contributed by atoms with Gasteiger partial charge in [-0.3, -0.25) is 0 Å². The predicted molar refractivity (Wildman–Crippen MR) is 81.0 cm³/mol. The summed E-state index contributed by atoms with van der Waals surface area (Å²) < 4.78 is 5.78. The summed E-state index contributed by atoms with van der Waals surface area (Å²) in [7, 11) is 0. The maximum Gasteiger partial charge on any atom is 0.173 e. The van der Waals surface area contributed by atoms with Gasteiger partial charge in [0.15, 0.2) is 5.84 Å². The van der Waals surface area contributed by atoms with E-state index in [1.807, 2.05) is 6.07 Å². The van der Waals surface area contributed by atoms with E-state index in [0.717, 1.165) is 49.4 Å². The number of anilines is 1. The highest BCUT2D eigenvalue weighted by molar-refractivity contribution is 6.01. The number of pyridine rings is 1. The molecule has 21 heavy (non-hydrogen) atoms. The minimum absolute atomic E-state index is 0.124. The summed E-state index contributed by atoms with van der Waals surface area (Å²) in [6, 6.07) is 2.03. The molecule has 2 heterocycles. The first-order valence-electron chi connectivity index (χ1n) is 7.49. The molecule has 1 aromatic heterocycles. The second-order valence-corrected chi connectivity index (χ2v) is 5.97. The summed E-state index contributed by atoms with van der Waals surface area (Å²) >= 11 is 0. The number of aryl methyl sites for hydroxylation is 2. The Balaban J connectivity index is 2.03. The Hall–Kier alpha value is -1.82. The fraction of sp³-hybridized carbons (Fsp3) is 0.600. The minimum atomic E-state index is 0.124. The molecule has 0 amide bonds. The second kappa shape index (κ2) is 5.52. The van der Waals surface area contributed by atoms with Gasteiger partial charge in [0.05, 0.1) is 17.8 Å². The number of amidine groups is 1. The molecule has 2 aliphatic rings. The van der Waals surface area contributed by atoms with Crippen LogP contribution in [0, 0.1) is 0 Å². The maximum atomic E-state index is 9.06. The molecule has 1 aliphatic heterocycles. The number of oxime groups is 1. The van der Waals surface area contributed by atoms with Crippen molar-refractivity contribution in [2.45, 2.75) is 45.3 Å². The third kappa shape index (κ3) is 2.68. The smallest absolute Gasteiger partial charge is 0.173 e. The number of rotatable bonds is 2. The zero-order valence-corrected chi connectivity index (χ0v) is 12.5. The van der Waals surface area contributed by atoms with Gasteiger partial charge in [-0.15, -0.1) is 0 Å². The molecular weight excluding hydrogens is 268 g/mol. The SMILES string of the molecule is CC1CN(c2nc3c(cc2C(N)=NO)CCC3)CC(C)O1. The van der Waals surface area contributed by atoms with Gasteiger partial charge in [0.2, 0.25) is 0 Å². The average Bonchev–Trinajstić information content (AvgIpc) is 2.91. The van der Waals surface area contributed by atoms with Gasteiger partial charge in [-0.25, -0.2) is 4.98 Å². The Kier molecular flexibility index (Phi) is 3.71. The van der Waals surface area contributed by atoms with Crippen LogP contribution in [0.5, 0.6) is 0 Å². The van der Waals surface area contributed by atoms with Crippen molar-refractivity contribution in [3.63, 3.8) is 0 Å². The van der Waals surface area contributed by atoms with Gasteiger partial charge in [0, 0.05) is 18.8 Å². The van der Waals surface area contributed by atoms with Gasteiger partial charge in [0.25, 0.3) is 0 Å². The third-order valence-corrected chi connectivity index (χ3v) is 4.13. The van der Waals surface area contributed by atoms with Crippen molar-refractivity contribution in [3.8, 4) is 0 Å². The lowest BCUT2D eigenvalue weighted by molar-refractivity contribution is -0.00547. The monoisotopic (exact) mass is 290 g/mol. The van der Waals surface area contributed by atoms with E-state index in [2.05, 4.69) is 23.9 Å². The molecule has 114 valence electrons. The third-order valence-electron chi connectivity index (χ3n) is 4.13. The summed E-state index contributed by atoms with van der Waals surface area (Å²) in [6.45, 7) is 5.64. The van der Waals surface area contributed by atoms with Crippen LogP contribution in [0.15, 0.2) is 11.2 Å². The second-order valence-electron chi connectivity index (χ2n) is 5.97. The number of morpholine rings is 1. The molecule has 2 atom stereocenters. The molecule has 0 bridgehead atoms. The van der Waals surface area contributed by atoms with Crippen LogP contribution < -0.4 is 10.6 Å². The molecule has 2 unspecified atom stereocenters. The molecule has 6 heteroatoms. The first-order chi connectivity index (χ1) is 10.1. The highest BCUT2D eigenvalue weighted by Gasteiger charge is 2.27. The fourth-order valence-corrected chi connectivity index (χ4v) is 3.30. The molecule has 1 aliphatic carbocycles. The van der Waals surface area contributed by atoms with Gasteiger partial charge >= 0.3 is 0 Å². The Bertz CT molecular complexity index is 563. The molecule has 1 fully saturated rings. The Morgan fingerprint density at radius 3 is 2.76 bits per heavy atom. The van der Waals surface area contributed by atoms with Crippen LogP contribution in [0.1, 0.15) is 37.1 Å². The quantitative estimate of drug-likeness (QED) is 0.371. The molecule has 0 saturated carbocycles. The summed E-state index contributed by atoms with van der Waals surface area (Å²) in [5.74, 6) is 0.937. The van der Waals surface area contributed by atoms with Gasteiger partial charge in [-0.2, -0.15) is 0 Å². The molecule has 1 saturated heterocycles. The lowest BCUT2D eigenvalue weighted by Gasteiger charge is -2.37. The van der Waals surface area contributed by atoms with Crippen LogP contribution in [0.4, 0.5) is 5.82 Å². The zero-order valence-electron chi connectivity index (χ0n) is 12.5. The molecular formula is C15H22N4O2. The number of hydrogen-bond donors (Lipinski definition) is 2. The number of ether oxygens (including phenoxy) is 1. The van der Waals surface area contributed by atoms with Crippen molar-refractivity contribution >= 4 is 11.7 Å². The molecule has 6 nitrogen and oxygen atoms in total. The highest BCUT2D eigenvalue weighted by Crippen LogP contribution is 2.29. The topological polar surface area (TPSA) is 84.0 Å². The minimum Gasteiger partial charge on any atom is -0.409 e. The molecule has 0 aromatic carbocycles. The van der Waals surface area contributed by atoms with E-state index in [9.17, 15) is 0 Å². The van der Waals surface area contributed by atoms with Crippen molar-refractivity contribution in [2.24, 2.45) is 10.9 Å². The Morgan fingerprint density at radius 1 is 1.38 bits per heavy atom. The van der Waals surface area contributed by atoms with Gasteiger partial charge in [-0.1, -0.05) is 5.16 Å². The number of nitrogens with zero attached hydrogens (tertiary/aromatic N) is 3. The van der Waals surface area contributed by atoms with Crippen molar-refractivity contribution in [1.29, 1.82) is 0 Å². The lowest BCUT2D eigenvalue weighted by atomic mass is 10.1. The van der Waals surface area contributed by atoms with Gasteiger partial charge < -0.3 is 20.6 Å². The Morgan fingerprint density at radius 2 is 2.10 bits per heavy atom. The van der Waals surface area contributed by atoms with Crippen LogP contribution >= 0.6 is 0 Å². The van der Waals surface area contributed by atoms with Crippen molar-refractivity contribution in [1.82, 2.24) is 4.98 Å². The van der Waals surface area contributed by atoms with Crippen LogP contribution in [0.25, 0.3) is 0 Å². The standard InChI is InChI=1S/C15H22N4O2/c1-9-7-19(8-10(2)21-9)15-12(14(16)18-20)6-11-4-3-5-13(11)17-15/h6,9-10,20H,3-5,7-8H2,1-2H3,(H2,16,18). The summed E-state index contributed by atoms with van der Waals surface area (Å²) in [6.07, 6.45) is 3.43. The van der Waals surface area contributed by atoms with E-state index in [0.29, 0.717) is 0 Å². The first-order valence-corrected chi connectivity index (χ1v) is 7.49. The van der Waals surface area contributed by atoms with E-state index in [1.165, 1.54) is 5.56 Å². The predicted octanol–water partition coefficient (Wildman–Crippen LogP) is 1.28. The molecule has 3 N–H and O–H groups in total. The molecule has 3 rings (SSSR count). The van der Waals surface area contributed by atoms with Crippen LogP contribution in [-0.2, 0) is 17.6 Å². The van der Waals surface area contributed by atoms with Crippen molar-refractivity contribution < 1.29 is 9.94 Å². The normalized spacial score (nSPS) is 26.0. The summed E-state index contributed by atoms with van der Waals surface area (Å²) in [4.78, 5) is 7.00. The van der Waals surface area contributed by atoms with E-state index in [4.69, 9.17) is 20.7 Å². The van der Waals surface area contributed by atoms with Crippen LogP contribution in [0.3, 0.4) is 0 Å². The maximum absolute atomic E-state index is 9.06. The first kappa shape index (κ1) is 14.1. The number of nitrogens with two attached hydrogens (primary N) is 1. The number of aromatic nitrogens is 1. The summed E-state index contributed by atoms with van der Waals surface area (Å²) in [5, 5.41) is 12.2. The largest absolute Gasteiger partial charge is 0.409 e. The summed E-state index contributed by atoms with van der Waals surface area (Å²) in [5.41, 5.74) is 8.95. The zero-order chi connectivity index (χ0) is 15.0. The van der Waals surface area contributed by atoms with Crippen LogP contribution in [-0.4, -0.2) is 41.3 Å². The lowest BCUT2D eigenvalue weighted by Crippen LogP contribution is -2.46. The van der Waals surface area contributed by atoms with Crippen LogP contribution in [0.2, 0.25) is 0 Å². The number of fused-ring (bicyclic) bond motifs is 1. The number of hydrogen-bond acceptors (Lipinski definition) is 5. The average molecular weight is 290 g/mol. The van der Waals surface area contributed by atoms with Crippen molar-refractivity contribution in [3.05, 3.63) is 22.9 Å². The van der Waals surface area contributed by atoms with Gasteiger partial charge in [-0.05, 0) is 44.7 Å². The molecule has 1 aromatic rings. The van der Waals surface area contributed by atoms with E-state index in [1.54, 1.807) is 0 Å². The fourth-order valence-electron chi connectivity index (χ4n) is 3.30. The van der Waals surface area contributed by atoms with Crippen molar-refractivity contribution in [2.75, 3.05) is 18.0 Å². The van der Waals surface area contributed by atoms with E-state index in [-0.39, 0.29) is 18.0 Å². The van der Waals surface area contributed by atoms with Gasteiger partial charge in [0.1, 0.15) is 5.82 Å². The Labute approximate surface area is 124 Å². The highest BCUT2D eigenvalue weighted by atomic mass is 16.5. The van der Waals surface area contributed by atoms with E-state index >= 15 is 0 Å². The van der Waals surface area contributed by atoms with E-state index < -0.39 is 0 Å².